The Balaban J connectivity index is 1.98. The molecular weight excluding hydrogens is 276 g/mol. The molecule has 4 nitrogen and oxygen atoms in total. The van der Waals surface area contributed by atoms with E-state index in [-0.39, 0.29) is 12.0 Å². The highest BCUT2D eigenvalue weighted by Crippen LogP contribution is 2.27. The van der Waals surface area contributed by atoms with Gasteiger partial charge in [-0.3, -0.25) is 9.69 Å². The molecule has 0 aromatic heterocycles. The number of aliphatic hydroxyl groups excluding tert-OH is 1. The van der Waals surface area contributed by atoms with E-state index in [4.69, 9.17) is 11.6 Å². The van der Waals surface area contributed by atoms with Gasteiger partial charge in [0.25, 0.3) is 0 Å². The van der Waals surface area contributed by atoms with Gasteiger partial charge < -0.3 is 10.4 Å². The topological polar surface area (TPSA) is 52.6 Å². The van der Waals surface area contributed by atoms with Crippen LogP contribution in [0, 0.1) is 13.8 Å². The molecule has 1 atom stereocenters. The lowest BCUT2D eigenvalue weighted by Gasteiger charge is -2.29. The third kappa shape index (κ3) is 3.95. The van der Waals surface area contributed by atoms with Crippen LogP contribution >= 0.6 is 11.6 Å². The standard InChI is InChI=1S/C15H21ClN2O2/c1-10-6-11(2)15(13(16)7-10)17-14(20)9-18-5-3-4-12(19)8-18/h6-7,12,19H,3-5,8-9H2,1-2H3,(H,17,20)/t12-/m0/s1. The highest BCUT2D eigenvalue weighted by atomic mass is 35.5. The zero-order chi connectivity index (χ0) is 14.7. The summed E-state index contributed by atoms with van der Waals surface area (Å²) in [4.78, 5) is 14.1. The smallest absolute Gasteiger partial charge is 0.238 e. The van der Waals surface area contributed by atoms with Gasteiger partial charge >= 0.3 is 0 Å². The van der Waals surface area contributed by atoms with Crippen molar-refractivity contribution >= 4 is 23.2 Å². The van der Waals surface area contributed by atoms with Crippen LogP contribution in [0.25, 0.3) is 0 Å². The van der Waals surface area contributed by atoms with Gasteiger partial charge in [0.15, 0.2) is 0 Å². The summed E-state index contributed by atoms with van der Waals surface area (Å²) < 4.78 is 0. The fraction of sp³-hybridized carbons (Fsp3) is 0.533. The van der Waals surface area contributed by atoms with Gasteiger partial charge in [0, 0.05) is 6.54 Å². The number of carbonyl (C=O) groups is 1. The Morgan fingerprint density at radius 3 is 2.90 bits per heavy atom. The number of anilines is 1. The van der Waals surface area contributed by atoms with Gasteiger partial charge in [0.1, 0.15) is 0 Å². The molecule has 0 bridgehead atoms. The molecule has 0 unspecified atom stereocenters. The van der Waals surface area contributed by atoms with E-state index >= 15 is 0 Å². The summed E-state index contributed by atoms with van der Waals surface area (Å²) in [6.45, 7) is 5.61. The Kier molecular flexibility index (Phi) is 5.02. The van der Waals surface area contributed by atoms with E-state index < -0.39 is 0 Å². The summed E-state index contributed by atoms with van der Waals surface area (Å²) in [5, 5.41) is 13.0. The van der Waals surface area contributed by atoms with Crippen LogP contribution in [0.5, 0.6) is 0 Å². The van der Waals surface area contributed by atoms with Gasteiger partial charge in [0.05, 0.1) is 23.4 Å². The number of hydrogen-bond acceptors (Lipinski definition) is 3. The lowest BCUT2D eigenvalue weighted by atomic mass is 10.1. The Bertz CT molecular complexity index is 482. The summed E-state index contributed by atoms with van der Waals surface area (Å²) in [6.07, 6.45) is 1.43. The molecule has 5 heteroatoms. The van der Waals surface area contributed by atoms with Crippen LogP contribution in [-0.4, -0.2) is 41.7 Å². The number of amides is 1. The first-order chi connectivity index (χ1) is 9.45. The highest BCUT2D eigenvalue weighted by Gasteiger charge is 2.20. The molecule has 0 saturated carbocycles. The van der Waals surface area contributed by atoms with Crippen molar-refractivity contribution in [3.8, 4) is 0 Å². The number of rotatable bonds is 3. The monoisotopic (exact) mass is 296 g/mol. The molecule has 2 rings (SSSR count). The van der Waals surface area contributed by atoms with Crippen LogP contribution in [0.15, 0.2) is 12.1 Å². The fourth-order valence-electron chi connectivity index (χ4n) is 2.63. The van der Waals surface area contributed by atoms with Gasteiger partial charge in [-0.1, -0.05) is 17.7 Å². The maximum Gasteiger partial charge on any atom is 0.238 e. The zero-order valence-electron chi connectivity index (χ0n) is 11.9. The second kappa shape index (κ2) is 6.57. The maximum atomic E-state index is 12.1. The van der Waals surface area contributed by atoms with Crippen LogP contribution in [0.1, 0.15) is 24.0 Å². The molecule has 1 aliphatic rings. The number of aliphatic hydroxyl groups is 1. The molecular formula is C15H21ClN2O2. The number of carbonyl (C=O) groups excluding carboxylic acids is 1. The fourth-order valence-corrected chi connectivity index (χ4v) is 3.00. The summed E-state index contributed by atoms with van der Waals surface area (Å²) in [7, 11) is 0. The average Bonchev–Trinajstić information content (AvgIpc) is 2.33. The van der Waals surface area contributed by atoms with Crippen LogP contribution in [0.2, 0.25) is 5.02 Å². The number of hydrogen-bond donors (Lipinski definition) is 2. The van der Waals surface area contributed by atoms with Crippen molar-refractivity contribution < 1.29 is 9.90 Å². The number of piperidine rings is 1. The Labute approximate surface area is 124 Å². The number of β-amino-alcohol motifs (C(OH)–C–C–N with tert-alkyl or cyclic N) is 1. The molecule has 110 valence electrons. The first kappa shape index (κ1) is 15.3. The van der Waals surface area contributed by atoms with E-state index in [2.05, 4.69) is 5.32 Å². The summed E-state index contributed by atoms with van der Waals surface area (Å²) >= 11 is 6.18. The molecule has 1 saturated heterocycles. The number of halogens is 1. The molecule has 20 heavy (non-hydrogen) atoms. The highest BCUT2D eigenvalue weighted by molar-refractivity contribution is 6.34. The van der Waals surface area contributed by atoms with Crippen molar-refractivity contribution in [2.24, 2.45) is 0 Å². The van der Waals surface area contributed by atoms with Crippen LogP contribution in [0.4, 0.5) is 5.69 Å². The number of nitrogens with zero attached hydrogens (tertiary/aromatic N) is 1. The first-order valence-corrected chi connectivity index (χ1v) is 7.30. The second-order valence-electron chi connectivity index (χ2n) is 5.52. The molecule has 1 amide bonds. The number of likely N-dealkylation sites (tertiary alicyclic amines) is 1. The predicted molar refractivity (Wildman–Crippen MR) is 81.2 cm³/mol. The summed E-state index contributed by atoms with van der Waals surface area (Å²) in [6, 6.07) is 3.83. The molecule has 0 radical (unpaired) electrons. The summed E-state index contributed by atoms with van der Waals surface area (Å²) in [5.41, 5.74) is 2.71. The molecule has 1 aromatic carbocycles. The number of aryl methyl sites for hydroxylation is 2. The molecule has 2 N–H and O–H groups in total. The SMILES string of the molecule is Cc1cc(C)c(NC(=O)CN2CCC[C@H](O)C2)c(Cl)c1. The second-order valence-corrected chi connectivity index (χ2v) is 5.93. The molecule has 1 aromatic rings. The normalized spacial score (nSPS) is 19.9. The molecule has 1 fully saturated rings. The van der Waals surface area contributed by atoms with Crippen molar-refractivity contribution in [1.29, 1.82) is 0 Å². The number of nitrogens with one attached hydrogen (secondary N) is 1. The van der Waals surface area contributed by atoms with Crippen molar-refractivity contribution in [1.82, 2.24) is 4.90 Å². The average molecular weight is 297 g/mol. The Hall–Kier alpha value is -1.10. The van der Waals surface area contributed by atoms with Gasteiger partial charge in [-0.2, -0.15) is 0 Å². The van der Waals surface area contributed by atoms with Gasteiger partial charge in [-0.15, -0.1) is 0 Å². The first-order valence-electron chi connectivity index (χ1n) is 6.92. The predicted octanol–water partition coefficient (Wildman–Crippen LogP) is 2.35. The summed E-state index contributed by atoms with van der Waals surface area (Å²) in [5.74, 6) is -0.0899. The van der Waals surface area contributed by atoms with Crippen molar-refractivity contribution in [2.75, 3.05) is 25.0 Å². The Morgan fingerprint density at radius 2 is 2.25 bits per heavy atom. The maximum absolute atomic E-state index is 12.1. The Morgan fingerprint density at radius 1 is 1.50 bits per heavy atom. The van der Waals surface area contributed by atoms with E-state index in [9.17, 15) is 9.90 Å². The molecule has 1 heterocycles. The quantitative estimate of drug-likeness (QED) is 0.900. The number of benzene rings is 1. The lowest BCUT2D eigenvalue weighted by molar-refractivity contribution is -0.118. The largest absolute Gasteiger partial charge is 0.392 e. The minimum absolute atomic E-state index is 0.0899. The third-order valence-electron chi connectivity index (χ3n) is 3.54. The van der Waals surface area contributed by atoms with Crippen molar-refractivity contribution in [3.05, 3.63) is 28.3 Å². The van der Waals surface area contributed by atoms with Crippen LogP contribution < -0.4 is 5.32 Å². The van der Waals surface area contributed by atoms with E-state index in [0.29, 0.717) is 23.8 Å². The van der Waals surface area contributed by atoms with Gasteiger partial charge in [-0.25, -0.2) is 0 Å². The minimum atomic E-state index is -0.318. The van der Waals surface area contributed by atoms with E-state index in [1.807, 2.05) is 30.9 Å². The molecule has 1 aliphatic heterocycles. The van der Waals surface area contributed by atoms with Crippen molar-refractivity contribution in [2.45, 2.75) is 32.8 Å². The van der Waals surface area contributed by atoms with Crippen molar-refractivity contribution in [3.63, 3.8) is 0 Å². The minimum Gasteiger partial charge on any atom is -0.392 e. The molecule has 0 spiro atoms. The molecule has 0 aliphatic carbocycles. The van der Waals surface area contributed by atoms with E-state index in [0.717, 1.165) is 30.5 Å². The van der Waals surface area contributed by atoms with Crippen LogP contribution in [0.3, 0.4) is 0 Å². The van der Waals surface area contributed by atoms with E-state index in [1.165, 1.54) is 0 Å². The van der Waals surface area contributed by atoms with E-state index in [1.54, 1.807) is 0 Å². The van der Waals surface area contributed by atoms with Gasteiger partial charge in [0.2, 0.25) is 5.91 Å². The zero-order valence-corrected chi connectivity index (χ0v) is 12.7. The lowest BCUT2D eigenvalue weighted by Crippen LogP contribution is -2.42. The van der Waals surface area contributed by atoms with Gasteiger partial charge in [-0.05, 0) is 50.4 Å². The van der Waals surface area contributed by atoms with Crippen LogP contribution in [-0.2, 0) is 4.79 Å². The third-order valence-corrected chi connectivity index (χ3v) is 3.84.